The van der Waals surface area contributed by atoms with Gasteiger partial charge in [0.05, 0.1) is 11.5 Å². The van der Waals surface area contributed by atoms with Gasteiger partial charge in [0.15, 0.2) is 0 Å². The fraction of sp³-hybridized carbons (Fsp3) is 0.567. The van der Waals surface area contributed by atoms with Gasteiger partial charge in [-0.05, 0) is 80.9 Å². The molecule has 0 radical (unpaired) electrons. The van der Waals surface area contributed by atoms with Crippen LogP contribution in [0.5, 0.6) is 0 Å². The van der Waals surface area contributed by atoms with E-state index in [4.69, 9.17) is 11.6 Å². The minimum absolute atomic E-state index is 0.0225. The molecule has 1 aromatic carbocycles. The van der Waals surface area contributed by atoms with Crippen LogP contribution < -0.4 is 5.32 Å². The summed E-state index contributed by atoms with van der Waals surface area (Å²) in [5, 5.41) is 4.08. The Balaban J connectivity index is 1.16. The fourth-order valence-electron chi connectivity index (χ4n) is 6.41. The Morgan fingerprint density at radius 2 is 1.78 bits per heavy atom. The van der Waals surface area contributed by atoms with E-state index >= 15 is 0 Å². The van der Waals surface area contributed by atoms with Crippen LogP contribution in [0.1, 0.15) is 75.0 Å². The molecule has 5 rings (SSSR count). The van der Waals surface area contributed by atoms with Crippen LogP contribution >= 0.6 is 11.6 Å². The van der Waals surface area contributed by atoms with Crippen LogP contribution in [-0.2, 0) is 16.1 Å². The molecule has 1 N–H and O–H groups in total. The number of halogens is 1. The third-order valence-corrected chi connectivity index (χ3v) is 9.06. The van der Waals surface area contributed by atoms with Gasteiger partial charge in [0.2, 0.25) is 11.8 Å². The van der Waals surface area contributed by atoms with E-state index in [-0.39, 0.29) is 23.3 Å². The van der Waals surface area contributed by atoms with Crippen molar-refractivity contribution in [3.63, 3.8) is 0 Å². The van der Waals surface area contributed by atoms with Crippen LogP contribution in [0, 0.1) is 11.3 Å². The lowest BCUT2D eigenvalue weighted by atomic mass is 9.77. The Labute approximate surface area is 225 Å². The summed E-state index contributed by atoms with van der Waals surface area (Å²) >= 11 is 6.14. The molecule has 1 atom stereocenters. The highest BCUT2D eigenvalue weighted by Gasteiger charge is 2.47. The normalized spacial score (nSPS) is 21.3. The SMILES string of the molecule is O=C(NC(CCN1CCC2(CC1)CCN(Cc1cccnc1)C2=O)c1ccc(Cl)cc1)C1CCCCC1. The molecule has 1 unspecified atom stereocenters. The quantitative estimate of drug-likeness (QED) is 0.505. The Morgan fingerprint density at radius 1 is 1.05 bits per heavy atom. The second-order valence-corrected chi connectivity index (χ2v) is 11.6. The Morgan fingerprint density at radius 3 is 2.49 bits per heavy atom. The van der Waals surface area contributed by atoms with Crippen molar-refractivity contribution >= 4 is 23.4 Å². The monoisotopic (exact) mass is 522 g/mol. The van der Waals surface area contributed by atoms with Crippen molar-refractivity contribution in [2.24, 2.45) is 11.3 Å². The predicted molar refractivity (Wildman–Crippen MR) is 146 cm³/mol. The molecule has 1 aliphatic carbocycles. The molecule has 2 amide bonds. The summed E-state index contributed by atoms with van der Waals surface area (Å²) in [6.45, 7) is 4.25. The lowest BCUT2D eigenvalue weighted by Gasteiger charge is -2.38. The Kier molecular flexibility index (Phi) is 8.46. The third kappa shape index (κ3) is 6.35. The smallest absolute Gasteiger partial charge is 0.229 e. The molecule has 7 heteroatoms. The van der Waals surface area contributed by atoms with Crippen LogP contribution in [0.3, 0.4) is 0 Å². The number of rotatable bonds is 8. The number of hydrogen-bond acceptors (Lipinski definition) is 4. The van der Waals surface area contributed by atoms with E-state index in [0.717, 1.165) is 88.7 Å². The second kappa shape index (κ2) is 12.0. The molecule has 6 nitrogen and oxygen atoms in total. The largest absolute Gasteiger partial charge is 0.349 e. The second-order valence-electron chi connectivity index (χ2n) is 11.2. The maximum atomic E-state index is 13.4. The van der Waals surface area contributed by atoms with Crippen molar-refractivity contribution in [1.82, 2.24) is 20.1 Å². The van der Waals surface area contributed by atoms with Crippen LogP contribution in [0.4, 0.5) is 0 Å². The van der Waals surface area contributed by atoms with Crippen molar-refractivity contribution in [1.29, 1.82) is 0 Å². The van der Waals surface area contributed by atoms with Gasteiger partial charge in [0.1, 0.15) is 0 Å². The zero-order valence-electron chi connectivity index (χ0n) is 21.7. The average molecular weight is 523 g/mol. The number of carbonyl (C=O) groups is 2. The zero-order chi connectivity index (χ0) is 25.7. The Bertz CT molecular complexity index is 1050. The first kappa shape index (κ1) is 26.2. The first-order valence-electron chi connectivity index (χ1n) is 14.0. The number of carbonyl (C=O) groups excluding carboxylic acids is 2. The minimum Gasteiger partial charge on any atom is -0.349 e. The molecule has 0 bridgehead atoms. The maximum Gasteiger partial charge on any atom is 0.229 e. The van der Waals surface area contributed by atoms with Gasteiger partial charge in [0.25, 0.3) is 0 Å². The van der Waals surface area contributed by atoms with Crippen molar-refractivity contribution in [2.45, 2.75) is 70.4 Å². The molecule has 3 aliphatic rings. The van der Waals surface area contributed by atoms with Gasteiger partial charge in [-0.15, -0.1) is 0 Å². The van der Waals surface area contributed by atoms with Crippen LogP contribution in [0.2, 0.25) is 5.02 Å². The molecule has 1 spiro atoms. The topological polar surface area (TPSA) is 65.5 Å². The minimum atomic E-state index is -0.205. The van der Waals surface area contributed by atoms with Crippen molar-refractivity contribution in [2.75, 3.05) is 26.2 Å². The lowest BCUT2D eigenvalue weighted by molar-refractivity contribution is -0.139. The Hall–Kier alpha value is -2.44. The molecule has 2 saturated heterocycles. The molecular weight excluding hydrogens is 484 g/mol. The molecule has 37 heavy (non-hydrogen) atoms. The van der Waals surface area contributed by atoms with Crippen LogP contribution in [-0.4, -0.2) is 52.8 Å². The number of pyridine rings is 1. The van der Waals surface area contributed by atoms with Gasteiger partial charge in [-0.25, -0.2) is 0 Å². The van der Waals surface area contributed by atoms with E-state index in [0.29, 0.717) is 17.5 Å². The van der Waals surface area contributed by atoms with Crippen molar-refractivity contribution in [3.8, 4) is 0 Å². The summed E-state index contributed by atoms with van der Waals surface area (Å²) in [4.78, 5) is 35.1. The number of hydrogen-bond donors (Lipinski definition) is 1. The van der Waals surface area contributed by atoms with Gasteiger partial charge in [-0.2, -0.15) is 0 Å². The summed E-state index contributed by atoms with van der Waals surface area (Å²) < 4.78 is 0. The number of nitrogens with zero attached hydrogens (tertiary/aromatic N) is 3. The molecule has 198 valence electrons. The predicted octanol–water partition coefficient (Wildman–Crippen LogP) is 5.38. The fourth-order valence-corrected chi connectivity index (χ4v) is 6.53. The van der Waals surface area contributed by atoms with Crippen LogP contribution in [0.25, 0.3) is 0 Å². The molecule has 1 aromatic heterocycles. The van der Waals surface area contributed by atoms with Gasteiger partial charge in [-0.1, -0.05) is 49.1 Å². The van der Waals surface area contributed by atoms with E-state index in [1.807, 2.05) is 47.5 Å². The van der Waals surface area contributed by atoms with E-state index in [1.165, 1.54) is 6.42 Å². The molecule has 2 aliphatic heterocycles. The summed E-state index contributed by atoms with van der Waals surface area (Å²) in [6, 6.07) is 11.8. The molecule has 3 heterocycles. The highest BCUT2D eigenvalue weighted by Crippen LogP contribution is 2.42. The van der Waals surface area contributed by atoms with E-state index in [1.54, 1.807) is 6.20 Å². The van der Waals surface area contributed by atoms with Gasteiger partial charge in [0, 0.05) is 43.0 Å². The number of amides is 2. The number of likely N-dealkylation sites (tertiary alicyclic amines) is 2. The maximum absolute atomic E-state index is 13.4. The highest BCUT2D eigenvalue weighted by atomic mass is 35.5. The number of nitrogens with one attached hydrogen (secondary N) is 1. The van der Waals surface area contributed by atoms with E-state index in [9.17, 15) is 9.59 Å². The van der Waals surface area contributed by atoms with Gasteiger partial charge >= 0.3 is 0 Å². The highest BCUT2D eigenvalue weighted by molar-refractivity contribution is 6.30. The molecule has 1 saturated carbocycles. The number of piperidine rings is 1. The lowest BCUT2D eigenvalue weighted by Crippen LogP contribution is -2.45. The summed E-state index contributed by atoms with van der Waals surface area (Å²) in [5.74, 6) is 0.652. The third-order valence-electron chi connectivity index (χ3n) is 8.81. The van der Waals surface area contributed by atoms with E-state index < -0.39 is 0 Å². The molecular formula is C30H39ClN4O2. The first-order valence-corrected chi connectivity index (χ1v) is 14.4. The first-order chi connectivity index (χ1) is 18.0. The van der Waals surface area contributed by atoms with Crippen molar-refractivity contribution in [3.05, 3.63) is 64.9 Å². The van der Waals surface area contributed by atoms with Gasteiger partial charge < -0.3 is 15.1 Å². The van der Waals surface area contributed by atoms with Crippen LogP contribution in [0.15, 0.2) is 48.8 Å². The number of benzene rings is 1. The summed E-state index contributed by atoms with van der Waals surface area (Å²) in [6.07, 6.45) is 12.8. The summed E-state index contributed by atoms with van der Waals surface area (Å²) in [7, 11) is 0. The number of aromatic nitrogens is 1. The van der Waals surface area contributed by atoms with E-state index in [2.05, 4.69) is 15.2 Å². The zero-order valence-corrected chi connectivity index (χ0v) is 22.5. The molecule has 3 fully saturated rings. The standard InChI is InChI=1S/C30H39ClN4O2/c31-26-10-8-24(9-11-26)27(33-28(36)25-6-2-1-3-7-25)12-17-34-18-13-30(14-19-34)15-20-35(29(30)37)22-23-5-4-16-32-21-23/h4-5,8-11,16,21,25,27H,1-3,6-7,12-15,17-20,22H2,(H,33,36). The molecule has 2 aromatic rings. The average Bonchev–Trinajstić information content (AvgIpc) is 3.23. The van der Waals surface area contributed by atoms with Crippen molar-refractivity contribution < 1.29 is 9.59 Å². The summed E-state index contributed by atoms with van der Waals surface area (Å²) in [5.41, 5.74) is 2.00. The van der Waals surface area contributed by atoms with Gasteiger partial charge in [-0.3, -0.25) is 14.6 Å².